The van der Waals surface area contributed by atoms with Gasteiger partial charge in [0.25, 0.3) is 0 Å². The van der Waals surface area contributed by atoms with Gasteiger partial charge in [0.2, 0.25) is 0 Å². The van der Waals surface area contributed by atoms with Crippen LogP contribution in [-0.2, 0) is 12.0 Å². The normalized spacial score (nSPS) is 21.0. The van der Waals surface area contributed by atoms with Gasteiger partial charge < -0.3 is 24.8 Å². The van der Waals surface area contributed by atoms with Crippen LogP contribution in [0.4, 0.5) is 11.4 Å². The van der Waals surface area contributed by atoms with Gasteiger partial charge in [-0.3, -0.25) is 4.98 Å². The van der Waals surface area contributed by atoms with Crippen molar-refractivity contribution in [3.8, 4) is 17.2 Å². The first kappa shape index (κ1) is 16.5. The van der Waals surface area contributed by atoms with Crippen molar-refractivity contribution in [1.82, 2.24) is 4.98 Å². The van der Waals surface area contributed by atoms with Crippen molar-refractivity contribution in [3.05, 3.63) is 71.5 Å². The molecule has 3 aliphatic heterocycles. The Morgan fingerprint density at radius 2 is 1.76 bits per heavy atom. The molecule has 146 valence electrons. The fraction of sp³-hybridized carbons (Fsp3) is 0.261. The lowest BCUT2D eigenvalue weighted by molar-refractivity contribution is 0.171. The fourth-order valence-electron chi connectivity index (χ4n) is 4.75. The van der Waals surface area contributed by atoms with E-state index in [-0.39, 0.29) is 5.41 Å². The SMILES string of the molecule is Nc1cccnc1CN1CC2(COc3cc4c(cc32)OCCO4)c2ccccc21. The first-order chi connectivity index (χ1) is 14.2. The number of aromatic nitrogens is 1. The van der Waals surface area contributed by atoms with Gasteiger partial charge in [0, 0.05) is 30.1 Å². The maximum atomic E-state index is 6.18. The maximum Gasteiger partial charge on any atom is 0.165 e. The molecule has 6 heteroatoms. The summed E-state index contributed by atoms with van der Waals surface area (Å²) in [6, 6.07) is 16.4. The predicted octanol–water partition coefficient (Wildman–Crippen LogP) is 3.13. The van der Waals surface area contributed by atoms with Gasteiger partial charge in [-0.15, -0.1) is 0 Å². The van der Waals surface area contributed by atoms with Crippen molar-refractivity contribution < 1.29 is 14.2 Å². The molecule has 3 aromatic rings. The topological polar surface area (TPSA) is 69.8 Å². The molecule has 0 radical (unpaired) electrons. The van der Waals surface area contributed by atoms with E-state index in [1.54, 1.807) is 6.20 Å². The van der Waals surface area contributed by atoms with Crippen LogP contribution < -0.4 is 24.8 Å². The first-order valence-corrected chi connectivity index (χ1v) is 9.85. The van der Waals surface area contributed by atoms with Crippen LogP contribution in [0.15, 0.2) is 54.7 Å². The molecule has 3 aliphatic rings. The molecule has 6 rings (SSSR count). The molecule has 0 saturated heterocycles. The minimum absolute atomic E-state index is 0.245. The van der Waals surface area contributed by atoms with E-state index in [4.69, 9.17) is 19.9 Å². The summed E-state index contributed by atoms with van der Waals surface area (Å²) in [5, 5.41) is 0. The van der Waals surface area contributed by atoms with Crippen molar-refractivity contribution in [2.45, 2.75) is 12.0 Å². The van der Waals surface area contributed by atoms with Crippen LogP contribution in [-0.4, -0.2) is 31.3 Å². The summed E-state index contributed by atoms with van der Waals surface area (Å²) in [5.41, 5.74) is 11.2. The number of nitrogen functional groups attached to an aromatic ring is 1. The Hall–Kier alpha value is -3.41. The number of anilines is 2. The molecule has 1 atom stereocenters. The van der Waals surface area contributed by atoms with E-state index in [9.17, 15) is 0 Å². The quantitative estimate of drug-likeness (QED) is 0.729. The van der Waals surface area contributed by atoms with Crippen LogP contribution in [0.2, 0.25) is 0 Å². The standard InChI is InChI=1S/C23H21N3O3/c24-17-5-3-7-25-18(17)12-26-13-23(15-4-1-2-6-19(15)26)14-29-20-11-22-21(10-16(20)23)27-8-9-28-22/h1-7,10-11H,8-9,12-14,24H2. The predicted molar refractivity (Wildman–Crippen MR) is 110 cm³/mol. The third kappa shape index (κ3) is 2.38. The zero-order valence-electron chi connectivity index (χ0n) is 15.9. The molecule has 2 aromatic carbocycles. The average Bonchev–Trinajstić information content (AvgIpc) is 3.27. The summed E-state index contributed by atoms with van der Waals surface area (Å²) in [4.78, 5) is 6.85. The number of ether oxygens (including phenoxy) is 3. The molecular formula is C23H21N3O3. The third-order valence-corrected chi connectivity index (χ3v) is 6.12. The summed E-state index contributed by atoms with van der Waals surface area (Å²) < 4.78 is 17.8. The second kappa shape index (κ2) is 6.04. The number of para-hydroxylation sites is 1. The number of fused-ring (bicyclic) bond motifs is 5. The number of pyridine rings is 1. The van der Waals surface area contributed by atoms with E-state index >= 15 is 0 Å². The molecule has 0 aliphatic carbocycles. The van der Waals surface area contributed by atoms with Crippen LogP contribution in [0, 0.1) is 0 Å². The smallest absolute Gasteiger partial charge is 0.165 e. The molecule has 0 bridgehead atoms. The number of hydrogen-bond donors (Lipinski definition) is 1. The van der Waals surface area contributed by atoms with Gasteiger partial charge in [0.05, 0.1) is 23.3 Å². The van der Waals surface area contributed by atoms with E-state index < -0.39 is 0 Å². The van der Waals surface area contributed by atoms with Crippen LogP contribution in [0.5, 0.6) is 17.2 Å². The fourth-order valence-corrected chi connectivity index (χ4v) is 4.75. The molecule has 4 heterocycles. The molecule has 1 aromatic heterocycles. The van der Waals surface area contributed by atoms with Gasteiger partial charge in [-0.2, -0.15) is 0 Å². The molecule has 0 saturated carbocycles. The highest BCUT2D eigenvalue weighted by Gasteiger charge is 2.50. The average molecular weight is 387 g/mol. The lowest BCUT2D eigenvalue weighted by atomic mass is 9.77. The van der Waals surface area contributed by atoms with Gasteiger partial charge >= 0.3 is 0 Å². The van der Waals surface area contributed by atoms with Crippen molar-refractivity contribution in [2.75, 3.05) is 37.0 Å². The second-order valence-electron chi connectivity index (χ2n) is 7.78. The maximum absolute atomic E-state index is 6.18. The van der Waals surface area contributed by atoms with Crippen LogP contribution in [0.3, 0.4) is 0 Å². The van der Waals surface area contributed by atoms with E-state index in [0.717, 1.165) is 35.1 Å². The minimum Gasteiger partial charge on any atom is -0.492 e. The molecule has 29 heavy (non-hydrogen) atoms. The van der Waals surface area contributed by atoms with Gasteiger partial charge in [-0.25, -0.2) is 0 Å². The Morgan fingerprint density at radius 1 is 0.931 bits per heavy atom. The molecular weight excluding hydrogens is 366 g/mol. The Kier molecular flexibility index (Phi) is 3.45. The molecule has 1 spiro atoms. The van der Waals surface area contributed by atoms with E-state index in [1.165, 1.54) is 11.3 Å². The first-order valence-electron chi connectivity index (χ1n) is 9.85. The Morgan fingerprint density at radius 3 is 2.62 bits per heavy atom. The highest BCUT2D eigenvalue weighted by atomic mass is 16.6. The second-order valence-corrected chi connectivity index (χ2v) is 7.78. The highest BCUT2D eigenvalue weighted by molar-refractivity contribution is 5.71. The van der Waals surface area contributed by atoms with E-state index in [0.29, 0.717) is 32.1 Å². The molecule has 1 unspecified atom stereocenters. The molecule has 0 fully saturated rings. The van der Waals surface area contributed by atoms with E-state index in [2.05, 4.69) is 40.2 Å². The zero-order chi connectivity index (χ0) is 19.4. The number of benzene rings is 2. The summed E-state index contributed by atoms with van der Waals surface area (Å²) in [6.07, 6.45) is 1.79. The van der Waals surface area contributed by atoms with Crippen molar-refractivity contribution >= 4 is 11.4 Å². The van der Waals surface area contributed by atoms with E-state index in [1.807, 2.05) is 18.2 Å². The van der Waals surface area contributed by atoms with Crippen LogP contribution in [0.1, 0.15) is 16.8 Å². The lowest BCUT2D eigenvalue weighted by Crippen LogP contribution is -2.36. The molecule has 6 nitrogen and oxygen atoms in total. The number of nitrogens with two attached hydrogens (primary N) is 1. The third-order valence-electron chi connectivity index (χ3n) is 6.12. The van der Waals surface area contributed by atoms with Crippen molar-refractivity contribution in [1.29, 1.82) is 0 Å². The lowest BCUT2D eigenvalue weighted by Gasteiger charge is -2.26. The van der Waals surface area contributed by atoms with Crippen LogP contribution >= 0.6 is 0 Å². The largest absolute Gasteiger partial charge is 0.492 e. The van der Waals surface area contributed by atoms with Gasteiger partial charge in [-0.05, 0) is 29.8 Å². The monoisotopic (exact) mass is 387 g/mol. The van der Waals surface area contributed by atoms with Crippen LogP contribution in [0.25, 0.3) is 0 Å². The summed E-state index contributed by atoms with van der Waals surface area (Å²) in [6.45, 7) is 3.19. The number of hydrogen-bond acceptors (Lipinski definition) is 6. The number of rotatable bonds is 2. The Balaban J connectivity index is 1.45. The van der Waals surface area contributed by atoms with Crippen molar-refractivity contribution in [2.24, 2.45) is 0 Å². The summed E-state index contributed by atoms with van der Waals surface area (Å²) >= 11 is 0. The number of nitrogens with zero attached hydrogens (tertiary/aromatic N) is 2. The summed E-state index contributed by atoms with van der Waals surface area (Å²) in [7, 11) is 0. The highest BCUT2D eigenvalue weighted by Crippen LogP contribution is 2.54. The molecule has 0 amide bonds. The Labute approximate surface area is 168 Å². The van der Waals surface area contributed by atoms with Gasteiger partial charge in [0.1, 0.15) is 25.6 Å². The van der Waals surface area contributed by atoms with Gasteiger partial charge in [-0.1, -0.05) is 18.2 Å². The zero-order valence-corrected chi connectivity index (χ0v) is 15.9. The summed E-state index contributed by atoms with van der Waals surface area (Å²) in [5.74, 6) is 2.43. The minimum atomic E-state index is -0.245. The van der Waals surface area contributed by atoms with Crippen molar-refractivity contribution in [3.63, 3.8) is 0 Å². The van der Waals surface area contributed by atoms with Gasteiger partial charge in [0.15, 0.2) is 11.5 Å². The molecule has 2 N–H and O–H groups in total. The Bertz CT molecular complexity index is 1120.